The second kappa shape index (κ2) is 7.19. The molecule has 5 heteroatoms. The molecule has 5 nitrogen and oxygen atoms in total. The van der Waals surface area contributed by atoms with Crippen LogP contribution in [0.15, 0.2) is 85.1 Å². The molecule has 4 aromatic rings. The fourth-order valence-electron chi connectivity index (χ4n) is 3.07. The Kier molecular flexibility index (Phi) is 4.43. The van der Waals surface area contributed by atoms with Gasteiger partial charge in [0.15, 0.2) is 11.5 Å². The quantitative estimate of drug-likeness (QED) is 0.606. The van der Waals surface area contributed by atoms with Crippen LogP contribution in [0.4, 0.5) is 0 Å². The fraction of sp³-hybridized carbons (Fsp3) is 0.0952. The summed E-state index contributed by atoms with van der Waals surface area (Å²) in [5.74, 6) is 0.278. The first kappa shape index (κ1) is 16.0. The standard InChI is InChI=1S/C21H18N4O/c26-21(22-15-19-24-23-18-13-7-8-14-25(18)19)20(16-9-3-1-4-10-16)17-11-5-2-6-12-17/h1-14,20H,15H2,(H,22,26). The molecule has 2 aromatic carbocycles. The molecule has 0 saturated carbocycles. The van der Waals surface area contributed by atoms with Gasteiger partial charge in [0.05, 0.1) is 12.5 Å². The lowest BCUT2D eigenvalue weighted by Gasteiger charge is -2.17. The second-order valence-electron chi connectivity index (χ2n) is 6.02. The van der Waals surface area contributed by atoms with Crippen molar-refractivity contribution in [2.75, 3.05) is 0 Å². The fourth-order valence-corrected chi connectivity index (χ4v) is 3.07. The van der Waals surface area contributed by atoms with Crippen molar-refractivity contribution in [3.05, 3.63) is 102 Å². The molecule has 0 spiro atoms. The number of nitrogens with one attached hydrogen (secondary N) is 1. The predicted octanol–water partition coefficient (Wildman–Crippen LogP) is 3.18. The number of hydrogen-bond acceptors (Lipinski definition) is 3. The SMILES string of the molecule is O=C(NCc1nnc2ccccn12)C(c1ccccc1)c1ccccc1. The van der Waals surface area contributed by atoms with Gasteiger partial charge >= 0.3 is 0 Å². The van der Waals surface area contributed by atoms with Crippen molar-refractivity contribution in [1.29, 1.82) is 0 Å². The van der Waals surface area contributed by atoms with Crippen LogP contribution in [0.5, 0.6) is 0 Å². The van der Waals surface area contributed by atoms with Crippen molar-refractivity contribution in [2.45, 2.75) is 12.5 Å². The molecule has 0 atom stereocenters. The molecule has 0 fully saturated rings. The third-order valence-electron chi connectivity index (χ3n) is 4.33. The van der Waals surface area contributed by atoms with E-state index in [0.717, 1.165) is 16.8 Å². The maximum absolute atomic E-state index is 13.0. The summed E-state index contributed by atoms with van der Waals surface area (Å²) in [6.45, 7) is 0.320. The van der Waals surface area contributed by atoms with Crippen molar-refractivity contribution in [3.8, 4) is 0 Å². The van der Waals surface area contributed by atoms with E-state index in [1.54, 1.807) is 0 Å². The molecule has 128 valence electrons. The minimum absolute atomic E-state index is 0.0601. The Labute approximate surface area is 151 Å². The first-order valence-electron chi connectivity index (χ1n) is 8.49. The maximum Gasteiger partial charge on any atom is 0.232 e. The molecule has 0 unspecified atom stereocenters. The zero-order chi connectivity index (χ0) is 17.8. The highest BCUT2D eigenvalue weighted by Gasteiger charge is 2.22. The van der Waals surface area contributed by atoms with E-state index >= 15 is 0 Å². The van der Waals surface area contributed by atoms with Gasteiger partial charge in [0.25, 0.3) is 0 Å². The number of carbonyl (C=O) groups is 1. The van der Waals surface area contributed by atoms with Gasteiger partial charge in [0, 0.05) is 6.20 Å². The highest BCUT2D eigenvalue weighted by atomic mass is 16.1. The molecule has 0 saturated heterocycles. The topological polar surface area (TPSA) is 59.3 Å². The number of amides is 1. The monoisotopic (exact) mass is 342 g/mol. The minimum atomic E-state index is -0.364. The molecule has 26 heavy (non-hydrogen) atoms. The smallest absolute Gasteiger partial charge is 0.232 e. The number of pyridine rings is 1. The van der Waals surface area contributed by atoms with Gasteiger partial charge in [-0.05, 0) is 23.3 Å². The van der Waals surface area contributed by atoms with E-state index in [4.69, 9.17) is 0 Å². The third kappa shape index (κ3) is 3.19. The van der Waals surface area contributed by atoms with Crippen LogP contribution in [0, 0.1) is 0 Å². The van der Waals surface area contributed by atoms with Crippen LogP contribution in [0.3, 0.4) is 0 Å². The zero-order valence-electron chi connectivity index (χ0n) is 14.1. The summed E-state index contributed by atoms with van der Waals surface area (Å²) < 4.78 is 1.88. The molecule has 1 N–H and O–H groups in total. The highest BCUT2D eigenvalue weighted by Crippen LogP contribution is 2.24. The van der Waals surface area contributed by atoms with Crippen molar-refractivity contribution in [1.82, 2.24) is 19.9 Å². The molecule has 4 rings (SSSR count). The molecule has 2 aromatic heterocycles. The minimum Gasteiger partial charge on any atom is -0.348 e. The summed E-state index contributed by atoms with van der Waals surface area (Å²) in [5, 5.41) is 11.3. The molecular weight excluding hydrogens is 324 g/mol. The maximum atomic E-state index is 13.0. The summed E-state index contributed by atoms with van der Waals surface area (Å²) in [6.07, 6.45) is 1.89. The summed E-state index contributed by atoms with van der Waals surface area (Å²) in [5.41, 5.74) is 2.68. The summed E-state index contributed by atoms with van der Waals surface area (Å²) >= 11 is 0. The Morgan fingerprint density at radius 1 is 0.846 bits per heavy atom. The average Bonchev–Trinajstić information content (AvgIpc) is 3.11. The number of hydrogen-bond donors (Lipinski definition) is 1. The first-order valence-corrected chi connectivity index (χ1v) is 8.49. The summed E-state index contributed by atoms with van der Waals surface area (Å²) in [7, 11) is 0. The van der Waals surface area contributed by atoms with Gasteiger partial charge in [-0.2, -0.15) is 0 Å². The molecule has 1 amide bonds. The number of nitrogens with zero attached hydrogens (tertiary/aromatic N) is 3. The Morgan fingerprint density at radius 3 is 2.12 bits per heavy atom. The average molecular weight is 342 g/mol. The van der Waals surface area contributed by atoms with Gasteiger partial charge in [0.2, 0.25) is 5.91 Å². The van der Waals surface area contributed by atoms with E-state index < -0.39 is 0 Å². The van der Waals surface area contributed by atoms with E-state index in [9.17, 15) is 4.79 Å². The molecule has 0 bridgehead atoms. The number of rotatable bonds is 5. The Bertz CT molecular complexity index is 972. The second-order valence-corrected chi connectivity index (χ2v) is 6.02. The lowest BCUT2D eigenvalue weighted by molar-refractivity contribution is -0.121. The summed E-state index contributed by atoms with van der Waals surface area (Å²) in [4.78, 5) is 13.0. The molecule has 0 aliphatic rings. The normalized spacial score (nSPS) is 11.0. The molecule has 0 aliphatic heterocycles. The van der Waals surface area contributed by atoms with E-state index in [-0.39, 0.29) is 11.8 Å². The van der Waals surface area contributed by atoms with E-state index in [1.165, 1.54) is 0 Å². The Balaban J connectivity index is 1.59. The number of carbonyl (C=O) groups excluding carboxylic acids is 1. The van der Waals surface area contributed by atoms with Crippen LogP contribution in [0.25, 0.3) is 5.65 Å². The lowest BCUT2D eigenvalue weighted by Crippen LogP contribution is -2.30. The van der Waals surface area contributed by atoms with Gasteiger partial charge in [0.1, 0.15) is 0 Å². The lowest BCUT2D eigenvalue weighted by atomic mass is 9.90. The third-order valence-corrected chi connectivity index (χ3v) is 4.33. The van der Waals surface area contributed by atoms with Gasteiger partial charge in [-0.3, -0.25) is 9.20 Å². The molecular formula is C21H18N4O. The van der Waals surface area contributed by atoms with Crippen molar-refractivity contribution >= 4 is 11.6 Å². The Morgan fingerprint density at radius 2 is 1.46 bits per heavy atom. The van der Waals surface area contributed by atoms with Crippen LogP contribution in [0.1, 0.15) is 22.9 Å². The molecule has 0 radical (unpaired) electrons. The number of fused-ring (bicyclic) bond motifs is 1. The van der Waals surface area contributed by atoms with Crippen LogP contribution in [-0.2, 0) is 11.3 Å². The highest BCUT2D eigenvalue weighted by molar-refractivity contribution is 5.87. The van der Waals surface area contributed by atoms with Gasteiger partial charge < -0.3 is 5.32 Å². The van der Waals surface area contributed by atoms with Crippen LogP contribution in [0.2, 0.25) is 0 Å². The largest absolute Gasteiger partial charge is 0.348 e. The molecule has 0 aliphatic carbocycles. The van der Waals surface area contributed by atoms with Gasteiger partial charge in [-0.15, -0.1) is 10.2 Å². The first-order chi connectivity index (χ1) is 12.8. The van der Waals surface area contributed by atoms with Crippen molar-refractivity contribution in [3.63, 3.8) is 0 Å². The van der Waals surface area contributed by atoms with Crippen LogP contribution < -0.4 is 5.32 Å². The number of aromatic nitrogens is 3. The van der Waals surface area contributed by atoms with Crippen LogP contribution >= 0.6 is 0 Å². The number of benzene rings is 2. The van der Waals surface area contributed by atoms with E-state index in [1.807, 2.05) is 89.5 Å². The molecule has 2 heterocycles. The van der Waals surface area contributed by atoms with Crippen LogP contribution in [-0.4, -0.2) is 20.5 Å². The zero-order valence-corrected chi connectivity index (χ0v) is 14.1. The van der Waals surface area contributed by atoms with Gasteiger partial charge in [-0.1, -0.05) is 66.7 Å². The van der Waals surface area contributed by atoms with E-state index in [0.29, 0.717) is 12.4 Å². The Hall–Kier alpha value is -3.47. The predicted molar refractivity (Wildman–Crippen MR) is 99.6 cm³/mol. The van der Waals surface area contributed by atoms with Gasteiger partial charge in [-0.25, -0.2) is 0 Å². The van der Waals surface area contributed by atoms with Crippen molar-refractivity contribution < 1.29 is 4.79 Å². The van der Waals surface area contributed by atoms with E-state index in [2.05, 4.69) is 15.5 Å². The summed E-state index contributed by atoms with van der Waals surface area (Å²) in [6, 6.07) is 25.3. The van der Waals surface area contributed by atoms with Crippen molar-refractivity contribution in [2.24, 2.45) is 0 Å².